The van der Waals surface area contributed by atoms with E-state index in [4.69, 9.17) is 22.1 Å². The standard InChI is InChI=1S/C11H14ClNO2/c1-15-8-3-2-7(14)9(10(8)12)11(6-13)4-5-11/h2-3,14H,4-6,13H2,1H3. The van der Waals surface area contributed by atoms with Crippen LogP contribution < -0.4 is 10.5 Å². The van der Waals surface area contributed by atoms with Gasteiger partial charge < -0.3 is 15.6 Å². The zero-order valence-electron chi connectivity index (χ0n) is 8.59. The van der Waals surface area contributed by atoms with Crippen LogP contribution in [0.5, 0.6) is 11.5 Å². The van der Waals surface area contributed by atoms with Gasteiger partial charge >= 0.3 is 0 Å². The van der Waals surface area contributed by atoms with Crippen LogP contribution in [0.1, 0.15) is 18.4 Å². The molecule has 1 saturated carbocycles. The van der Waals surface area contributed by atoms with Crippen molar-refractivity contribution >= 4 is 11.6 Å². The highest BCUT2D eigenvalue weighted by Crippen LogP contribution is 2.54. The predicted octanol–water partition coefficient (Wildman–Crippen LogP) is 2.04. The summed E-state index contributed by atoms with van der Waals surface area (Å²) in [6, 6.07) is 3.27. The SMILES string of the molecule is COc1ccc(O)c(C2(CN)CC2)c1Cl. The van der Waals surface area contributed by atoms with Crippen molar-refractivity contribution in [3.8, 4) is 11.5 Å². The number of phenolic OH excluding ortho intramolecular Hbond substituents is 1. The summed E-state index contributed by atoms with van der Waals surface area (Å²) in [5, 5.41) is 10.3. The Hall–Kier alpha value is -0.930. The number of phenols is 1. The molecule has 3 N–H and O–H groups in total. The van der Waals surface area contributed by atoms with Gasteiger partial charge in [-0.2, -0.15) is 0 Å². The van der Waals surface area contributed by atoms with E-state index in [0.29, 0.717) is 17.3 Å². The molecule has 3 nitrogen and oxygen atoms in total. The van der Waals surface area contributed by atoms with E-state index in [-0.39, 0.29) is 11.2 Å². The van der Waals surface area contributed by atoms with Gasteiger partial charge in [0, 0.05) is 17.5 Å². The molecule has 1 aliphatic rings. The summed E-state index contributed by atoms with van der Waals surface area (Å²) in [5.41, 5.74) is 6.33. The van der Waals surface area contributed by atoms with Crippen molar-refractivity contribution in [2.24, 2.45) is 5.73 Å². The zero-order chi connectivity index (χ0) is 11.1. The summed E-state index contributed by atoms with van der Waals surface area (Å²) < 4.78 is 5.12. The van der Waals surface area contributed by atoms with Crippen molar-refractivity contribution in [3.05, 3.63) is 22.7 Å². The maximum absolute atomic E-state index is 9.82. The number of hydrogen-bond donors (Lipinski definition) is 2. The highest BCUT2D eigenvalue weighted by molar-refractivity contribution is 6.33. The molecule has 0 amide bonds. The molecular formula is C11H14ClNO2. The second kappa shape index (κ2) is 3.58. The van der Waals surface area contributed by atoms with Crippen LogP contribution >= 0.6 is 11.6 Å². The van der Waals surface area contributed by atoms with Crippen LogP contribution in [0.4, 0.5) is 0 Å². The molecule has 0 heterocycles. The van der Waals surface area contributed by atoms with Gasteiger partial charge in [0.25, 0.3) is 0 Å². The molecule has 0 aromatic heterocycles. The molecule has 0 bridgehead atoms. The number of rotatable bonds is 3. The van der Waals surface area contributed by atoms with Gasteiger partial charge in [0.2, 0.25) is 0 Å². The fourth-order valence-electron chi connectivity index (χ4n) is 1.92. The Morgan fingerprint density at radius 3 is 2.67 bits per heavy atom. The van der Waals surface area contributed by atoms with E-state index >= 15 is 0 Å². The fraction of sp³-hybridized carbons (Fsp3) is 0.455. The number of methoxy groups -OCH3 is 1. The van der Waals surface area contributed by atoms with E-state index < -0.39 is 0 Å². The average Bonchev–Trinajstić information content (AvgIpc) is 2.99. The van der Waals surface area contributed by atoms with Crippen LogP contribution in [0.15, 0.2) is 12.1 Å². The maximum Gasteiger partial charge on any atom is 0.138 e. The molecule has 4 heteroatoms. The Bertz CT molecular complexity index is 388. The Labute approximate surface area is 93.8 Å². The normalized spacial score (nSPS) is 17.5. The summed E-state index contributed by atoms with van der Waals surface area (Å²) in [7, 11) is 1.56. The van der Waals surface area contributed by atoms with Crippen LogP contribution in [0.25, 0.3) is 0 Å². The van der Waals surface area contributed by atoms with Crippen molar-refractivity contribution in [2.45, 2.75) is 18.3 Å². The Morgan fingerprint density at radius 1 is 1.53 bits per heavy atom. The number of benzene rings is 1. The lowest BCUT2D eigenvalue weighted by atomic mass is 9.95. The smallest absolute Gasteiger partial charge is 0.138 e. The number of hydrogen-bond acceptors (Lipinski definition) is 3. The lowest BCUT2D eigenvalue weighted by molar-refractivity contribution is 0.409. The molecule has 0 atom stereocenters. The lowest BCUT2D eigenvalue weighted by Gasteiger charge is -2.18. The number of halogens is 1. The van der Waals surface area contributed by atoms with E-state index in [1.807, 2.05) is 0 Å². The molecule has 0 unspecified atom stereocenters. The number of ether oxygens (including phenoxy) is 1. The van der Waals surface area contributed by atoms with Gasteiger partial charge in [-0.25, -0.2) is 0 Å². The molecule has 0 aliphatic heterocycles. The van der Waals surface area contributed by atoms with Crippen molar-refractivity contribution < 1.29 is 9.84 Å². The first kappa shape index (κ1) is 10.6. The van der Waals surface area contributed by atoms with E-state index in [1.165, 1.54) is 0 Å². The average molecular weight is 228 g/mol. The highest BCUT2D eigenvalue weighted by Gasteiger charge is 2.46. The van der Waals surface area contributed by atoms with Crippen LogP contribution in [0.2, 0.25) is 5.02 Å². The first-order valence-corrected chi connectivity index (χ1v) is 5.28. The van der Waals surface area contributed by atoms with Crippen LogP contribution in [0, 0.1) is 0 Å². The van der Waals surface area contributed by atoms with E-state index in [0.717, 1.165) is 18.4 Å². The maximum atomic E-state index is 9.82. The van der Waals surface area contributed by atoms with Gasteiger partial charge in [-0.3, -0.25) is 0 Å². The van der Waals surface area contributed by atoms with E-state index in [2.05, 4.69) is 0 Å². The summed E-state index contributed by atoms with van der Waals surface area (Å²) in [5.74, 6) is 0.799. The van der Waals surface area contributed by atoms with Crippen molar-refractivity contribution in [3.63, 3.8) is 0 Å². The van der Waals surface area contributed by atoms with Gasteiger partial charge in [0.15, 0.2) is 0 Å². The molecule has 1 aliphatic carbocycles. The third-order valence-electron chi connectivity index (χ3n) is 3.08. The summed E-state index contributed by atoms with van der Waals surface area (Å²) in [6.07, 6.45) is 1.95. The Morgan fingerprint density at radius 2 is 2.20 bits per heavy atom. The van der Waals surface area contributed by atoms with Gasteiger partial charge in [-0.05, 0) is 25.0 Å². The van der Waals surface area contributed by atoms with Gasteiger partial charge in [0.1, 0.15) is 11.5 Å². The topological polar surface area (TPSA) is 55.5 Å². The first-order chi connectivity index (χ1) is 7.14. The number of aromatic hydroxyl groups is 1. The van der Waals surface area contributed by atoms with Crippen LogP contribution in [-0.2, 0) is 5.41 Å². The molecule has 2 rings (SSSR count). The molecule has 1 fully saturated rings. The van der Waals surface area contributed by atoms with Crippen LogP contribution in [0.3, 0.4) is 0 Å². The molecule has 15 heavy (non-hydrogen) atoms. The quantitative estimate of drug-likeness (QED) is 0.831. The largest absolute Gasteiger partial charge is 0.508 e. The minimum atomic E-state index is -0.129. The minimum absolute atomic E-state index is 0.129. The van der Waals surface area contributed by atoms with E-state index in [1.54, 1.807) is 19.2 Å². The minimum Gasteiger partial charge on any atom is -0.508 e. The second-order valence-electron chi connectivity index (χ2n) is 3.96. The molecule has 0 saturated heterocycles. The van der Waals surface area contributed by atoms with Gasteiger partial charge in [-0.1, -0.05) is 11.6 Å². The molecule has 82 valence electrons. The van der Waals surface area contributed by atoms with Crippen molar-refractivity contribution in [1.82, 2.24) is 0 Å². The van der Waals surface area contributed by atoms with Crippen LogP contribution in [-0.4, -0.2) is 18.8 Å². The zero-order valence-corrected chi connectivity index (χ0v) is 9.34. The van der Waals surface area contributed by atoms with Gasteiger partial charge in [0.05, 0.1) is 12.1 Å². The monoisotopic (exact) mass is 227 g/mol. The highest BCUT2D eigenvalue weighted by atomic mass is 35.5. The second-order valence-corrected chi connectivity index (χ2v) is 4.34. The molecule has 0 spiro atoms. The first-order valence-electron chi connectivity index (χ1n) is 4.90. The van der Waals surface area contributed by atoms with E-state index in [9.17, 15) is 5.11 Å². The molecule has 1 aromatic rings. The van der Waals surface area contributed by atoms with Crippen molar-refractivity contribution in [1.29, 1.82) is 0 Å². The third-order valence-corrected chi connectivity index (χ3v) is 3.45. The summed E-state index contributed by atoms with van der Waals surface area (Å²) in [6.45, 7) is 0.507. The molecular weight excluding hydrogens is 214 g/mol. The molecule has 0 radical (unpaired) electrons. The van der Waals surface area contributed by atoms with Gasteiger partial charge in [-0.15, -0.1) is 0 Å². The summed E-state index contributed by atoms with van der Waals surface area (Å²) in [4.78, 5) is 0. The predicted molar refractivity (Wildman–Crippen MR) is 59.6 cm³/mol. The fourth-order valence-corrected chi connectivity index (χ4v) is 2.35. The molecule has 1 aromatic carbocycles. The Balaban J connectivity index is 2.54. The lowest BCUT2D eigenvalue weighted by Crippen LogP contribution is -2.20. The number of nitrogens with two attached hydrogens (primary N) is 1. The van der Waals surface area contributed by atoms with Crippen molar-refractivity contribution in [2.75, 3.05) is 13.7 Å². The Kier molecular flexibility index (Phi) is 2.52. The summed E-state index contributed by atoms with van der Waals surface area (Å²) >= 11 is 6.18. The third kappa shape index (κ3) is 1.56.